The van der Waals surface area contributed by atoms with Crippen molar-refractivity contribution in [3.8, 4) is 50.2 Å². The molecule has 8 aromatic carbocycles. The van der Waals surface area contributed by atoms with Crippen LogP contribution in [0.5, 0.6) is 0 Å². The van der Waals surface area contributed by atoms with Crippen LogP contribution in [0, 0.1) is 0 Å². The van der Waals surface area contributed by atoms with Gasteiger partial charge in [-0.05, 0) is 28.3 Å². The number of anilines is 1. The fourth-order valence-corrected chi connectivity index (χ4v) is 8.35. The van der Waals surface area contributed by atoms with Crippen LogP contribution in [0.15, 0.2) is 194 Å². The summed E-state index contributed by atoms with van der Waals surface area (Å²) >= 11 is 0. The van der Waals surface area contributed by atoms with Gasteiger partial charge in [0.25, 0.3) is 5.91 Å². The highest BCUT2D eigenvalue weighted by Gasteiger charge is 2.41. The molecule has 9 aromatic rings. The van der Waals surface area contributed by atoms with Gasteiger partial charge in [0.05, 0.1) is 28.0 Å². The van der Waals surface area contributed by atoms with E-state index in [-0.39, 0.29) is 5.91 Å². The van der Waals surface area contributed by atoms with Gasteiger partial charge < -0.3 is 9.67 Å². The van der Waals surface area contributed by atoms with E-state index in [0.29, 0.717) is 16.8 Å². The summed E-state index contributed by atoms with van der Waals surface area (Å²) in [6.45, 7) is 0. The Morgan fingerprint density at radius 2 is 0.796 bits per heavy atom. The third-order valence-corrected chi connectivity index (χ3v) is 10.7. The van der Waals surface area contributed by atoms with Crippen LogP contribution >= 0.6 is 0 Å². The van der Waals surface area contributed by atoms with E-state index < -0.39 is 6.23 Å². The van der Waals surface area contributed by atoms with Gasteiger partial charge in [-0.3, -0.25) is 9.69 Å². The van der Waals surface area contributed by atoms with Crippen LogP contribution in [-0.2, 0) is 0 Å². The zero-order valence-corrected chi connectivity index (χ0v) is 29.3. The molecule has 1 N–H and O–H groups in total. The van der Waals surface area contributed by atoms with Gasteiger partial charge in [-0.1, -0.05) is 188 Å². The number of hydrogen-bond donors (Lipinski definition) is 1. The lowest BCUT2D eigenvalue weighted by molar-refractivity contribution is 0.0935. The molecule has 1 aliphatic rings. The largest absolute Gasteiger partial charge is 0.369 e. The number of para-hydroxylation sites is 3. The minimum absolute atomic E-state index is 0.252. The minimum atomic E-state index is -1.21. The second-order valence-electron chi connectivity index (χ2n) is 13.7. The highest BCUT2D eigenvalue weighted by atomic mass is 16.3. The lowest BCUT2D eigenvalue weighted by Crippen LogP contribution is -2.29. The molecular formula is C50H34N2O2. The van der Waals surface area contributed by atoms with Crippen LogP contribution in [0.3, 0.4) is 0 Å². The lowest BCUT2D eigenvalue weighted by Gasteiger charge is -2.27. The molecular weight excluding hydrogens is 661 g/mol. The van der Waals surface area contributed by atoms with Crippen molar-refractivity contribution in [2.45, 2.75) is 6.23 Å². The second kappa shape index (κ2) is 12.9. The van der Waals surface area contributed by atoms with Gasteiger partial charge >= 0.3 is 0 Å². The summed E-state index contributed by atoms with van der Waals surface area (Å²) in [6.07, 6.45) is -1.21. The van der Waals surface area contributed by atoms with Gasteiger partial charge in [0, 0.05) is 38.6 Å². The average molecular weight is 695 g/mol. The molecule has 0 radical (unpaired) electrons. The monoisotopic (exact) mass is 694 g/mol. The van der Waals surface area contributed by atoms with Gasteiger partial charge in [-0.25, -0.2) is 0 Å². The van der Waals surface area contributed by atoms with Crippen LogP contribution in [0.4, 0.5) is 5.69 Å². The van der Waals surface area contributed by atoms with E-state index in [1.165, 1.54) is 0 Å². The third kappa shape index (κ3) is 4.92. The lowest BCUT2D eigenvalue weighted by atomic mass is 9.95. The summed E-state index contributed by atoms with van der Waals surface area (Å²) in [5.74, 6) is -0.252. The zero-order valence-electron chi connectivity index (χ0n) is 29.3. The van der Waals surface area contributed by atoms with Crippen LogP contribution < -0.4 is 4.90 Å². The molecule has 4 nitrogen and oxygen atoms in total. The van der Waals surface area contributed by atoms with Crippen LogP contribution in [0.2, 0.25) is 0 Å². The standard InChI is InChI=1S/C50H34N2O2/c53-49-43-31-16-32-44(45(43)50(54)52(49)46-37(33-17-5-1-6-18-33)25-13-26-38(46)34-19-7-2-8-20-34)51-47-39(35-21-9-3-10-22-35)27-14-29-41(47)42-30-15-28-40(48(42)51)36-23-11-4-12-24-36/h1-32,49,53H. The molecule has 1 aliphatic heterocycles. The van der Waals surface area contributed by atoms with Crippen LogP contribution in [0.25, 0.3) is 72.0 Å². The Bertz CT molecular complexity index is 2690. The maximum Gasteiger partial charge on any atom is 0.263 e. The highest BCUT2D eigenvalue weighted by Crippen LogP contribution is 2.49. The Kier molecular flexibility index (Phi) is 7.57. The fraction of sp³-hybridized carbons (Fsp3) is 0.0200. The smallest absolute Gasteiger partial charge is 0.263 e. The van der Waals surface area contributed by atoms with Gasteiger partial charge in [0.15, 0.2) is 6.23 Å². The predicted octanol–water partition coefficient (Wildman–Crippen LogP) is 12.1. The summed E-state index contributed by atoms with van der Waals surface area (Å²) in [6, 6.07) is 65.8. The average Bonchev–Trinajstić information content (AvgIpc) is 3.72. The number of aromatic nitrogens is 1. The first-order valence-electron chi connectivity index (χ1n) is 18.2. The molecule has 2 heterocycles. The maximum absolute atomic E-state index is 15.4. The number of rotatable bonds is 6. The molecule has 0 aliphatic carbocycles. The number of hydrogen-bond acceptors (Lipinski definition) is 2. The van der Waals surface area contributed by atoms with Crippen LogP contribution in [0.1, 0.15) is 22.1 Å². The number of carbonyl (C=O) groups excluding carboxylic acids is 1. The Hall–Kier alpha value is -7.01. The summed E-state index contributed by atoms with van der Waals surface area (Å²) in [7, 11) is 0. The number of benzene rings is 8. The molecule has 256 valence electrons. The molecule has 1 unspecified atom stereocenters. The molecule has 0 saturated carbocycles. The molecule has 1 atom stereocenters. The number of aliphatic hydroxyl groups is 1. The quantitative estimate of drug-likeness (QED) is 0.188. The van der Waals surface area contributed by atoms with Gasteiger partial charge in [0.2, 0.25) is 0 Å². The van der Waals surface area contributed by atoms with E-state index in [0.717, 1.165) is 72.0 Å². The van der Waals surface area contributed by atoms with Crippen molar-refractivity contribution >= 4 is 33.4 Å². The minimum Gasteiger partial charge on any atom is -0.369 e. The highest BCUT2D eigenvalue weighted by molar-refractivity contribution is 6.20. The first-order valence-corrected chi connectivity index (χ1v) is 18.2. The van der Waals surface area contributed by atoms with Crippen molar-refractivity contribution in [2.24, 2.45) is 0 Å². The number of aliphatic hydroxyl groups excluding tert-OH is 1. The Balaban J connectivity index is 1.28. The van der Waals surface area contributed by atoms with Crippen molar-refractivity contribution in [1.29, 1.82) is 0 Å². The predicted molar refractivity (Wildman–Crippen MR) is 221 cm³/mol. The molecule has 0 saturated heterocycles. The molecule has 54 heavy (non-hydrogen) atoms. The zero-order chi connectivity index (χ0) is 36.2. The Morgan fingerprint density at radius 1 is 0.407 bits per heavy atom. The van der Waals surface area contributed by atoms with Crippen molar-refractivity contribution in [3.05, 3.63) is 205 Å². The summed E-state index contributed by atoms with van der Waals surface area (Å²) in [5.41, 5.74) is 12.4. The SMILES string of the molecule is O=C1c2c(cccc2-n2c3c(-c4ccccc4)cccc3c3cccc(-c4ccccc4)c32)C(O)N1c1c(-c2ccccc2)cccc1-c1ccccc1. The van der Waals surface area contributed by atoms with Gasteiger partial charge in [-0.2, -0.15) is 0 Å². The van der Waals surface area contributed by atoms with Gasteiger partial charge in [-0.15, -0.1) is 0 Å². The van der Waals surface area contributed by atoms with Crippen LogP contribution in [-0.4, -0.2) is 15.6 Å². The number of fused-ring (bicyclic) bond motifs is 4. The normalized spacial score (nSPS) is 13.8. The molecule has 10 rings (SSSR count). The third-order valence-electron chi connectivity index (χ3n) is 10.7. The van der Waals surface area contributed by atoms with E-state index in [9.17, 15) is 5.11 Å². The fourth-order valence-electron chi connectivity index (χ4n) is 8.35. The second-order valence-corrected chi connectivity index (χ2v) is 13.7. The van der Waals surface area contributed by atoms with Crippen molar-refractivity contribution < 1.29 is 9.90 Å². The van der Waals surface area contributed by atoms with Gasteiger partial charge in [0.1, 0.15) is 0 Å². The topological polar surface area (TPSA) is 45.5 Å². The van der Waals surface area contributed by atoms with E-state index in [4.69, 9.17) is 0 Å². The first kappa shape index (κ1) is 31.7. The number of nitrogens with zero attached hydrogens (tertiary/aromatic N) is 2. The summed E-state index contributed by atoms with van der Waals surface area (Å²) in [5, 5.41) is 14.6. The molecule has 1 amide bonds. The Morgan fingerprint density at radius 3 is 1.26 bits per heavy atom. The Labute approximate surface area is 313 Å². The molecule has 0 fully saturated rings. The molecule has 4 heteroatoms. The summed E-state index contributed by atoms with van der Waals surface area (Å²) < 4.78 is 2.27. The van der Waals surface area contributed by atoms with E-state index in [1.807, 2.05) is 109 Å². The summed E-state index contributed by atoms with van der Waals surface area (Å²) in [4.78, 5) is 17.0. The van der Waals surface area contributed by atoms with E-state index in [1.54, 1.807) is 4.90 Å². The number of amides is 1. The van der Waals surface area contributed by atoms with E-state index in [2.05, 4.69) is 89.5 Å². The van der Waals surface area contributed by atoms with Crippen molar-refractivity contribution in [2.75, 3.05) is 4.90 Å². The van der Waals surface area contributed by atoms with E-state index >= 15 is 4.79 Å². The first-order chi connectivity index (χ1) is 26.7. The molecule has 0 spiro atoms. The maximum atomic E-state index is 15.4. The number of carbonyl (C=O) groups is 1. The molecule has 1 aromatic heterocycles. The molecule has 0 bridgehead atoms. The van der Waals surface area contributed by atoms with Crippen molar-refractivity contribution in [1.82, 2.24) is 4.57 Å². The van der Waals surface area contributed by atoms with Crippen molar-refractivity contribution in [3.63, 3.8) is 0 Å².